The molecular formula is C17H14O3. The highest BCUT2D eigenvalue weighted by Crippen LogP contribution is 2.26. The lowest BCUT2D eigenvalue weighted by atomic mass is 10.1. The molecule has 0 aliphatic carbocycles. The number of rotatable bonds is 3. The van der Waals surface area contributed by atoms with Crippen LogP contribution in [0.2, 0.25) is 0 Å². The van der Waals surface area contributed by atoms with E-state index in [4.69, 9.17) is 9.15 Å². The molecule has 3 aromatic rings. The first-order valence-electron chi connectivity index (χ1n) is 6.45. The predicted octanol–water partition coefficient (Wildman–Crippen LogP) is 4.10. The molecule has 3 nitrogen and oxygen atoms in total. The summed E-state index contributed by atoms with van der Waals surface area (Å²) in [5, 5.41) is 0.795. The molecule has 3 heteroatoms. The molecule has 1 heterocycles. The summed E-state index contributed by atoms with van der Waals surface area (Å²) in [6.45, 7) is 2.04. The number of para-hydroxylation sites is 1. The minimum absolute atomic E-state index is 0.263. The maximum atomic E-state index is 12.2. The van der Waals surface area contributed by atoms with Crippen molar-refractivity contribution in [2.24, 2.45) is 0 Å². The largest absolute Gasteiger partial charge is 0.460 e. The van der Waals surface area contributed by atoms with Gasteiger partial charge in [0.05, 0.1) is 0 Å². The van der Waals surface area contributed by atoms with Crippen LogP contribution in [0, 0.1) is 6.92 Å². The number of hydrogen-bond acceptors (Lipinski definition) is 3. The zero-order valence-corrected chi connectivity index (χ0v) is 11.1. The Bertz CT molecular complexity index is 741. The quantitative estimate of drug-likeness (QED) is 0.670. The van der Waals surface area contributed by atoms with Gasteiger partial charge in [-0.3, -0.25) is 0 Å². The number of ether oxygens (including phenoxy) is 1. The fourth-order valence-electron chi connectivity index (χ4n) is 2.22. The van der Waals surface area contributed by atoms with Crippen molar-refractivity contribution in [1.82, 2.24) is 0 Å². The number of hydrogen-bond donors (Lipinski definition) is 0. The van der Waals surface area contributed by atoms with E-state index in [0.29, 0.717) is 16.9 Å². The van der Waals surface area contributed by atoms with E-state index in [1.807, 2.05) is 54.6 Å². The third kappa shape index (κ3) is 2.30. The maximum absolute atomic E-state index is 12.2. The number of carbonyl (C=O) groups is 1. The first kappa shape index (κ1) is 12.5. The van der Waals surface area contributed by atoms with Crippen molar-refractivity contribution in [3.8, 4) is 0 Å². The van der Waals surface area contributed by atoms with Crippen molar-refractivity contribution in [2.45, 2.75) is 13.5 Å². The fraction of sp³-hybridized carbons (Fsp3) is 0.118. The van der Waals surface area contributed by atoms with Gasteiger partial charge in [-0.05, 0) is 18.6 Å². The number of aryl methyl sites for hydroxylation is 1. The first-order valence-corrected chi connectivity index (χ1v) is 6.45. The minimum atomic E-state index is -0.351. The van der Waals surface area contributed by atoms with Gasteiger partial charge in [-0.1, -0.05) is 48.5 Å². The smallest absolute Gasteiger partial charge is 0.342 e. The number of carbonyl (C=O) groups excluding carboxylic acids is 1. The SMILES string of the molecule is Cc1oc2ccccc2c1C(=O)OCc1ccccc1. The number of benzene rings is 2. The molecule has 1 aromatic heterocycles. The molecule has 0 bridgehead atoms. The summed E-state index contributed by atoms with van der Waals surface area (Å²) in [5.74, 6) is 0.237. The van der Waals surface area contributed by atoms with Gasteiger partial charge in [-0.2, -0.15) is 0 Å². The van der Waals surface area contributed by atoms with Crippen LogP contribution in [0.1, 0.15) is 21.7 Å². The highest BCUT2D eigenvalue weighted by molar-refractivity contribution is 6.04. The number of esters is 1. The summed E-state index contributed by atoms with van der Waals surface area (Å²) in [5.41, 5.74) is 2.18. The Kier molecular flexibility index (Phi) is 3.25. The van der Waals surface area contributed by atoms with Crippen LogP contribution in [0.4, 0.5) is 0 Å². The molecule has 0 amide bonds. The Morgan fingerprint density at radius 1 is 1.05 bits per heavy atom. The topological polar surface area (TPSA) is 39.4 Å². The lowest BCUT2D eigenvalue weighted by Gasteiger charge is -2.04. The molecular weight excluding hydrogens is 252 g/mol. The summed E-state index contributed by atoms with van der Waals surface area (Å²) in [6.07, 6.45) is 0. The normalized spacial score (nSPS) is 10.7. The Morgan fingerprint density at radius 2 is 1.75 bits per heavy atom. The summed E-state index contributed by atoms with van der Waals surface area (Å²) in [6, 6.07) is 17.1. The average molecular weight is 266 g/mol. The molecule has 2 aromatic carbocycles. The first-order chi connectivity index (χ1) is 9.75. The summed E-state index contributed by atoms with van der Waals surface area (Å²) >= 11 is 0. The molecule has 0 spiro atoms. The molecule has 100 valence electrons. The third-order valence-corrected chi connectivity index (χ3v) is 3.19. The van der Waals surface area contributed by atoms with Crippen LogP contribution < -0.4 is 0 Å². The molecule has 0 unspecified atom stereocenters. The summed E-state index contributed by atoms with van der Waals surface area (Å²) < 4.78 is 10.9. The highest BCUT2D eigenvalue weighted by Gasteiger charge is 2.19. The van der Waals surface area contributed by atoms with Gasteiger partial charge >= 0.3 is 5.97 Å². The van der Waals surface area contributed by atoms with Crippen LogP contribution in [0.3, 0.4) is 0 Å². The Morgan fingerprint density at radius 3 is 2.55 bits per heavy atom. The molecule has 0 saturated heterocycles. The van der Waals surface area contributed by atoms with Crippen LogP contribution >= 0.6 is 0 Å². The van der Waals surface area contributed by atoms with Crippen LogP contribution in [0.5, 0.6) is 0 Å². The van der Waals surface area contributed by atoms with Crippen molar-refractivity contribution in [3.05, 3.63) is 71.5 Å². The van der Waals surface area contributed by atoms with Gasteiger partial charge in [0.2, 0.25) is 0 Å². The number of fused-ring (bicyclic) bond motifs is 1. The molecule has 3 rings (SSSR count). The van der Waals surface area contributed by atoms with Gasteiger partial charge < -0.3 is 9.15 Å². The number of furan rings is 1. The average Bonchev–Trinajstić information content (AvgIpc) is 2.82. The van der Waals surface area contributed by atoms with E-state index in [1.165, 1.54) is 0 Å². The van der Waals surface area contributed by atoms with E-state index in [-0.39, 0.29) is 12.6 Å². The van der Waals surface area contributed by atoms with Crippen LogP contribution in [-0.2, 0) is 11.3 Å². The standard InChI is InChI=1S/C17H14O3/c1-12-16(14-9-5-6-10-15(14)20-12)17(18)19-11-13-7-3-2-4-8-13/h2-10H,11H2,1H3. The zero-order chi connectivity index (χ0) is 13.9. The lowest BCUT2D eigenvalue weighted by molar-refractivity contribution is 0.0473. The molecule has 0 aliphatic heterocycles. The van der Waals surface area contributed by atoms with Crippen molar-refractivity contribution >= 4 is 16.9 Å². The van der Waals surface area contributed by atoms with E-state index < -0.39 is 0 Å². The van der Waals surface area contributed by atoms with Gasteiger partial charge in [0, 0.05) is 5.39 Å². The maximum Gasteiger partial charge on any atom is 0.342 e. The van der Waals surface area contributed by atoms with Crippen molar-refractivity contribution in [1.29, 1.82) is 0 Å². The monoisotopic (exact) mass is 266 g/mol. The Hall–Kier alpha value is -2.55. The van der Waals surface area contributed by atoms with Gasteiger partial charge in [0.25, 0.3) is 0 Å². The Balaban J connectivity index is 1.84. The van der Waals surface area contributed by atoms with E-state index in [2.05, 4.69) is 0 Å². The zero-order valence-electron chi connectivity index (χ0n) is 11.1. The van der Waals surface area contributed by atoms with Crippen LogP contribution in [0.25, 0.3) is 11.0 Å². The second kappa shape index (κ2) is 5.21. The molecule has 0 radical (unpaired) electrons. The van der Waals surface area contributed by atoms with Gasteiger partial charge in [0.1, 0.15) is 23.5 Å². The minimum Gasteiger partial charge on any atom is -0.460 e. The predicted molar refractivity (Wildman–Crippen MR) is 76.5 cm³/mol. The second-order valence-corrected chi connectivity index (χ2v) is 4.59. The molecule has 0 fully saturated rings. The van der Waals surface area contributed by atoms with Crippen molar-refractivity contribution in [2.75, 3.05) is 0 Å². The van der Waals surface area contributed by atoms with Crippen molar-refractivity contribution < 1.29 is 13.9 Å². The Labute approximate surface area is 116 Å². The highest BCUT2D eigenvalue weighted by atomic mass is 16.5. The lowest BCUT2D eigenvalue weighted by Crippen LogP contribution is -2.05. The fourth-order valence-corrected chi connectivity index (χ4v) is 2.22. The second-order valence-electron chi connectivity index (χ2n) is 4.59. The van der Waals surface area contributed by atoms with E-state index >= 15 is 0 Å². The van der Waals surface area contributed by atoms with E-state index in [1.54, 1.807) is 6.92 Å². The summed E-state index contributed by atoms with van der Waals surface area (Å²) in [4.78, 5) is 12.2. The molecule has 20 heavy (non-hydrogen) atoms. The van der Waals surface area contributed by atoms with Gasteiger partial charge in [-0.25, -0.2) is 4.79 Å². The van der Waals surface area contributed by atoms with E-state index in [9.17, 15) is 4.79 Å². The third-order valence-electron chi connectivity index (χ3n) is 3.19. The summed E-state index contributed by atoms with van der Waals surface area (Å²) in [7, 11) is 0. The molecule has 0 saturated carbocycles. The van der Waals surface area contributed by atoms with Gasteiger partial charge in [0.15, 0.2) is 0 Å². The van der Waals surface area contributed by atoms with Crippen LogP contribution in [0.15, 0.2) is 59.0 Å². The van der Waals surface area contributed by atoms with E-state index in [0.717, 1.165) is 10.9 Å². The molecule has 0 aliphatic rings. The molecule has 0 N–H and O–H groups in total. The molecule has 0 atom stereocenters. The van der Waals surface area contributed by atoms with Gasteiger partial charge in [-0.15, -0.1) is 0 Å². The van der Waals surface area contributed by atoms with Crippen LogP contribution in [-0.4, -0.2) is 5.97 Å². The van der Waals surface area contributed by atoms with Crippen molar-refractivity contribution in [3.63, 3.8) is 0 Å².